The predicted octanol–water partition coefficient (Wildman–Crippen LogP) is 3.97. The number of halogens is 2. The molecule has 1 unspecified atom stereocenters. The van der Waals surface area contributed by atoms with Gasteiger partial charge in [0.15, 0.2) is 0 Å². The Labute approximate surface area is 128 Å². The summed E-state index contributed by atoms with van der Waals surface area (Å²) >= 11 is 11.9. The number of aromatic nitrogens is 2. The molecule has 0 radical (unpaired) electrons. The second-order valence-corrected chi connectivity index (χ2v) is 5.60. The Morgan fingerprint density at radius 1 is 1.25 bits per heavy atom. The highest BCUT2D eigenvalue weighted by atomic mass is 35.5. The fourth-order valence-electron chi connectivity index (χ4n) is 1.86. The first kappa shape index (κ1) is 15.3. The monoisotopic (exact) mass is 313 g/mol. The summed E-state index contributed by atoms with van der Waals surface area (Å²) in [6.45, 7) is 5.20. The van der Waals surface area contributed by atoms with Crippen molar-refractivity contribution in [2.75, 3.05) is 6.54 Å². The zero-order valence-electron chi connectivity index (χ0n) is 11.5. The number of hydrogen-bond acceptors (Lipinski definition) is 4. The van der Waals surface area contributed by atoms with Gasteiger partial charge in [0.25, 0.3) is 0 Å². The normalized spacial score (nSPS) is 12.6. The molecule has 0 bridgehead atoms. The lowest BCUT2D eigenvalue weighted by atomic mass is 10.2. The minimum Gasteiger partial charge on any atom is -0.339 e. The van der Waals surface area contributed by atoms with Gasteiger partial charge in [0.05, 0.1) is 0 Å². The Morgan fingerprint density at radius 3 is 2.60 bits per heavy atom. The second-order valence-electron chi connectivity index (χ2n) is 4.73. The third kappa shape index (κ3) is 4.20. The number of nitrogens with zero attached hydrogens (tertiary/aromatic N) is 2. The van der Waals surface area contributed by atoms with Gasteiger partial charge in [0, 0.05) is 28.1 Å². The van der Waals surface area contributed by atoms with Crippen LogP contribution in [-0.4, -0.2) is 22.7 Å². The summed E-state index contributed by atoms with van der Waals surface area (Å²) in [7, 11) is 0. The van der Waals surface area contributed by atoms with Crippen molar-refractivity contribution in [3.8, 4) is 11.4 Å². The van der Waals surface area contributed by atoms with E-state index in [1.54, 1.807) is 18.2 Å². The maximum Gasteiger partial charge on any atom is 0.228 e. The Bertz CT molecular complexity index is 551. The highest BCUT2D eigenvalue weighted by Gasteiger charge is 2.12. The van der Waals surface area contributed by atoms with Gasteiger partial charge >= 0.3 is 0 Å². The van der Waals surface area contributed by atoms with Crippen LogP contribution < -0.4 is 5.32 Å². The van der Waals surface area contributed by atoms with Crippen LogP contribution in [0.15, 0.2) is 22.7 Å². The summed E-state index contributed by atoms with van der Waals surface area (Å²) in [6, 6.07) is 5.50. The molecule has 0 saturated carbocycles. The molecule has 1 aromatic heterocycles. The fourth-order valence-corrected chi connectivity index (χ4v) is 2.39. The van der Waals surface area contributed by atoms with Gasteiger partial charge < -0.3 is 9.84 Å². The van der Waals surface area contributed by atoms with E-state index in [-0.39, 0.29) is 0 Å². The van der Waals surface area contributed by atoms with Gasteiger partial charge in [-0.05, 0) is 38.1 Å². The summed E-state index contributed by atoms with van der Waals surface area (Å²) in [5.74, 6) is 1.11. The third-order valence-corrected chi connectivity index (χ3v) is 3.25. The second kappa shape index (κ2) is 7.07. The molecule has 0 saturated heterocycles. The van der Waals surface area contributed by atoms with E-state index in [4.69, 9.17) is 27.7 Å². The van der Waals surface area contributed by atoms with Crippen LogP contribution in [0.25, 0.3) is 11.4 Å². The molecule has 0 aliphatic carbocycles. The first-order valence-corrected chi connectivity index (χ1v) is 7.36. The van der Waals surface area contributed by atoms with Gasteiger partial charge in [0.2, 0.25) is 11.7 Å². The fraction of sp³-hybridized carbons (Fsp3) is 0.429. The molecular weight excluding hydrogens is 297 g/mol. The molecule has 1 heterocycles. The average Bonchev–Trinajstić information content (AvgIpc) is 2.83. The van der Waals surface area contributed by atoms with Crippen molar-refractivity contribution in [3.63, 3.8) is 0 Å². The van der Waals surface area contributed by atoms with Crippen LogP contribution in [0.1, 0.15) is 26.2 Å². The summed E-state index contributed by atoms with van der Waals surface area (Å²) in [4.78, 5) is 4.38. The standard InChI is InChI=1S/C14H17Cl2N3O/c1-3-4-17-9(2)5-13-18-14(19-20-13)10-6-11(15)8-12(16)7-10/h6-9,17H,3-5H2,1-2H3. The lowest BCUT2D eigenvalue weighted by molar-refractivity contribution is 0.362. The molecule has 108 valence electrons. The molecule has 0 aliphatic heterocycles. The van der Waals surface area contributed by atoms with Crippen LogP contribution in [0.3, 0.4) is 0 Å². The van der Waals surface area contributed by atoms with E-state index >= 15 is 0 Å². The molecule has 2 aromatic rings. The van der Waals surface area contributed by atoms with Crippen molar-refractivity contribution >= 4 is 23.2 Å². The average molecular weight is 314 g/mol. The first-order chi connectivity index (χ1) is 9.58. The van der Waals surface area contributed by atoms with Gasteiger partial charge in [-0.25, -0.2) is 0 Å². The van der Waals surface area contributed by atoms with Crippen LogP contribution in [0.4, 0.5) is 0 Å². The van der Waals surface area contributed by atoms with E-state index in [0.717, 1.165) is 18.5 Å². The molecule has 1 atom stereocenters. The quantitative estimate of drug-likeness (QED) is 0.876. The van der Waals surface area contributed by atoms with Crippen LogP contribution >= 0.6 is 23.2 Å². The molecule has 4 nitrogen and oxygen atoms in total. The van der Waals surface area contributed by atoms with Crippen LogP contribution in [0.5, 0.6) is 0 Å². The maximum atomic E-state index is 5.97. The van der Waals surface area contributed by atoms with E-state index in [9.17, 15) is 0 Å². The number of benzene rings is 1. The molecule has 0 fully saturated rings. The van der Waals surface area contributed by atoms with Gasteiger partial charge in [-0.15, -0.1) is 0 Å². The maximum absolute atomic E-state index is 5.97. The highest BCUT2D eigenvalue weighted by molar-refractivity contribution is 6.35. The lowest BCUT2D eigenvalue weighted by Crippen LogP contribution is -2.28. The van der Waals surface area contributed by atoms with Crippen molar-refractivity contribution in [2.45, 2.75) is 32.7 Å². The predicted molar refractivity (Wildman–Crippen MR) is 81.2 cm³/mol. The Hall–Kier alpha value is -1.10. The highest BCUT2D eigenvalue weighted by Crippen LogP contribution is 2.25. The molecule has 1 aromatic carbocycles. The SMILES string of the molecule is CCCNC(C)Cc1nc(-c2cc(Cl)cc(Cl)c2)no1. The van der Waals surface area contributed by atoms with Crippen molar-refractivity contribution in [3.05, 3.63) is 34.1 Å². The number of nitrogens with one attached hydrogen (secondary N) is 1. The molecule has 20 heavy (non-hydrogen) atoms. The summed E-state index contributed by atoms with van der Waals surface area (Å²) < 4.78 is 5.26. The van der Waals surface area contributed by atoms with Gasteiger partial charge in [-0.3, -0.25) is 0 Å². The minimum atomic E-state index is 0.297. The van der Waals surface area contributed by atoms with E-state index in [1.807, 2.05) is 0 Å². The Morgan fingerprint density at radius 2 is 1.95 bits per heavy atom. The zero-order chi connectivity index (χ0) is 14.5. The van der Waals surface area contributed by atoms with Crippen molar-refractivity contribution in [2.24, 2.45) is 0 Å². The first-order valence-electron chi connectivity index (χ1n) is 6.61. The van der Waals surface area contributed by atoms with Crippen LogP contribution in [0, 0.1) is 0 Å². The molecular formula is C14H17Cl2N3O. The Balaban J connectivity index is 2.08. The topological polar surface area (TPSA) is 51.0 Å². The Kier molecular flexibility index (Phi) is 5.40. The van der Waals surface area contributed by atoms with Crippen LogP contribution in [-0.2, 0) is 6.42 Å². The van der Waals surface area contributed by atoms with Crippen molar-refractivity contribution in [1.82, 2.24) is 15.5 Å². The summed E-state index contributed by atoms with van der Waals surface area (Å²) in [5, 5.41) is 8.45. The van der Waals surface area contributed by atoms with E-state index in [1.165, 1.54) is 0 Å². The van der Waals surface area contributed by atoms with E-state index in [2.05, 4.69) is 29.3 Å². The smallest absolute Gasteiger partial charge is 0.228 e. The van der Waals surface area contributed by atoms with Crippen molar-refractivity contribution < 1.29 is 4.52 Å². The molecule has 0 spiro atoms. The summed E-state index contributed by atoms with van der Waals surface area (Å²) in [6.07, 6.45) is 1.79. The lowest BCUT2D eigenvalue weighted by Gasteiger charge is -2.09. The number of rotatable bonds is 6. The molecule has 6 heteroatoms. The van der Waals surface area contributed by atoms with Gasteiger partial charge in [-0.2, -0.15) is 4.98 Å². The molecule has 0 aliphatic rings. The molecule has 2 rings (SSSR count). The minimum absolute atomic E-state index is 0.297. The van der Waals surface area contributed by atoms with E-state index < -0.39 is 0 Å². The van der Waals surface area contributed by atoms with Crippen molar-refractivity contribution in [1.29, 1.82) is 0 Å². The largest absolute Gasteiger partial charge is 0.339 e. The molecule has 1 N–H and O–H groups in total. The van der Waals surface area contributed by atoms with Crippen LogP contribution in [0.2, 0.25) is 10.0 Å². The van der Waals surface area contributed by atoms with Gasteiger partial charge in [-0.1, -0.05) is 35.3 Å². The van der Waals surface area contributed by atoms with Gasteiger partial charge in [0.1, 0.15) is 0 Å². The van der Waals surface area contributed by atoms with E-state index in [0.29, 0.717) is 34.2 Å². The third-order valence-electron chi connectivity index (χ3n) is 2.81. The zero-order valence-corrected chi connectivity index (χ0v) is 13.0. The molecule has 0 amide bonds. The number of hydrogen-bond donors (Lipinski definition) is 1. The summed E-state index contributed by atoms with van der Waals surface area (Å²) in [5.41, 5.74) is 0.756.